The van der Waals surface area contributed by atoms with Crippen molar-refractivity contribution in [2.75, 3.05) is 11.9 Å². The second-order valence-electron chi connectivity index (χ2n) is 8.53. The highest BCUT2D eigenvalue weighted by Gasteiger charge is 2.29. The van der Waals surface area contributed by atoms with E-state index >= 15 is 0 Å². The summed E-state index contributed by atoms with van der Waals surface area (Å²) in [6.07, 6.45) is 3.84. The Morgan fingerprint density at radius 1 is 1.21 bits per heavy atom. The van der Waals surface area contributed by atoms with E-state index in [9.17, 15) is 9.59 Å². The number of fused-ring (bicyclic) bond motifs is 1. The van der Waals surface area contributed by atoms with Crippen LogP contribution in [0.2, 0.25) is 0 Å². The zero-order chi connectivity index (χ0) is 23.8. The Bertz CT molecular complexity index is 1370. The molecule has 3 aromatic heterocycles. The quantitative estimate of drug-likeness (QED) is 0.357. The van der Waals surface area contributed by atoms with Crippen molar-refractivity contribution in [3.8, 4) is 11.3 Å². The maximum absolute atomic E-state index is 13.4. The van der Waals surface area contributed by atoms with Crippen molar-refractivity contribution < 1.29 is 14.3 Å². The Balaban J connectivity index is 1.53. The van der Waals surface area contributed by atoms with Gasteiger partial charge in [0.15, 0.2) is 10.8 Å². The van der Waals surface area contributed by atoms with Crippen molar-refractivity contribution in [2.45, 2.75) is 45.6 Å². The van der Waals surface area contributed by atoms with E-state index in [-0.39, 0.29) is 18.6 Å². The molecule has 1 aromatic carbocycles. The number of esters is 1. The van der Waals surface area contributed by atoms with Crippen LogP contribution in [0.25, 0.3) is 22.3 Å². The number of hydrogen-bond acceptors (Lipinski definition) is 7. The lowest BCUT2D eigenvalue weighted by molar-refractivity contribution is 0.0532. The van der Waals surface area contributed by atoms with Gasteiger partial charge in [-0.2, -0.15) is 5.10 Å². The van der Waals surface area contributed by atoms with Gasteiger partial charge < -0.3 is 4.74 Å². The molecule has 34 heavy (non-hydrogen) atoms. The molecule has 0 saturated heterocycles. The fourth-order valence-corrected chi connectivity index (χ4v) is 4.73. The maximum atomic E-state index is 13.4. The molecular formula is C25H25N5O3S. The van der Waals surface area contributed by atoms with Crippen LogP contribution in [0.5, 0.6) is 0 Å². The molecule has 8 nitrogen and oxygen atoms in total. The summed E-state index contributed by atoms with van der Waals surface area (Å²) in [6.45, 7) is 6.09. The summed E-state index contributed by atoms with van der Waals surface area (Å²) < 4.78 is 7.07. The summed E-state index contributed by atoms with van der Waals surface area (Å²) in [5, 5.41) is 8.40. The number of thiazole rings is 1. The van der Waals surface area contributed by atoms with Crippen LogP contribution in [0.15, 0.2) is 42.6 Å². The molecule has 1 aliphatic carbocycles. The van der Waals surface area contributed by atoms with E-state index in [1.165, 1.54) is 0 Å². The number of rotatable bonds is 7. The highest BCUT2D eigenvalue weighted by Crippen LogP contribution is 2.40. The number of carbonyl (C=O) groups is 2. The Hall–Kier alpha value is -3.59. The van der Waals surface area contributed by atoms with Crippen molar-refractivity contribution in [1.29, 1.82) is 0 Å². The molecule has 0 unspecified atom stereocenters. The highest BCUT2D eigenvalue weighted by molar-refractivity contribution is 7.18. The Kier molecular flexibility index (Phi) is 5.87. The average Bonchev–Trinajstić information content (AvgIpc) is 3.45. The highest BCUT2D eigenvalue weighted by atomic mass is 32.1. The van der Waals surface area contributed by atoms with Crippen LogP contribution in [0.4, 0.5) is 5.13 Å². The normalized spacial score (nSPS) is 13.4. The number of anilines is 1. The molecule has 1 aliphatic rings. The minimum Gasteiger partial charge on any atom is -0.462 e. The van der Waals surface area contributed by atoms with E-state index in [4.69, 9.17) is 9.72 Å². The van der Waals surface area contributed by atoms with Crippen LogP contribution in [-0.4, -0.2) is 38.2 Å². The number of amides is 1. The first-order valence-corrected chi connectivity index (χ1v) is 12.2. The molecule has 0 radical (unpaired) electrons. The zero-order valence-corrected chi connectivity index (χ0v) is 20.1. The van der Waals surface area contributed by atoms with Crippen LogP contribution >= 0.6 is 11.3 Å². The summed E-state index contributed by atoms with van der Waals surface area (Å²) in [7, 11) is 0. The summed E-state index contributed by atoms with van der Waals surface area (Å²) in [4.78, 5) is 35.8. The van der Waals surface area contributed by atoms with Crippen LogP contribution in [0.1, 0.15) is 71.3 Å². The van der Waals surface area contributed by atoms with Gasteiger partial charge in [-0.3, -0.25) is 10.1 Å². The molecular weight excluding hydrogens is 450 g/mol. The molecule has 3 heterocycles. The number of pyridine rings is 1. The number of nitrogens with one attached hydrogen (secondary N) is 1. The van der Waals surface area contributed by atoms with Crippen LogP contribution in [0, 0.1) is 0 Å². The predicted molar refractivity (Wildman–Crippen MR) is 131 cm³/mol. The largest absolute Gasteiger partial charge is 0.462 e. The first-order valence-electron chi connectivity index (χ1n) is 11.4. The molecule has 0 bridgehead atoms. The van der Waals surface area contributed by atoms with E-state index in [1.807, 2.05) is 54.9 Å². The molecule has 0 atom stereocenters. The van der Waals surface area contributed by atoms with Crippen molar-refractivity contribution in [2.24, 2.45) is 0 Å². The Morgan fingerprint density at radius 2 is 1.97 bits per heavy atom. The molecule has 4 aromatic rings. The molecule has 0 spiro atoms. The Morgan fingerprint density at radius 3 is 2.65 bits per heavy atom. The third-order valence-corrected chi connectivity index (χ3v) is 6.62. The van der Waals surface area contributed by atoms with Gasteiger partial charge in [-0.1, -0.05) is 41.7 Å². The van der Waals surface area contributed by atoms with E-state index in [1.54, 1.807) is 13.1 Å². The number of nitrogens with zero attached hydrogens (tertiary/aromatic N) is 4. The van der Waals surface area contributed by atoms with Gasteiger partial charge in [0.25, 0.3) is 5.91 Å². The minimum absolute atomic E-state index is 0.120. The van der Waals surface area contributed by atoms with E-state index in [0.29, 0.717) is 38.2 Å². The number of hydrogen-bond donors (Lipinski definition) is 1. The second-order valence-corrected chi connectivity index (χ2v) is 9.53. The molecule has 9 heteroatoms. The summed E-state index contributed by atoms with van der Waals surface area (Å²) >= 11 is 1.11. The SMILES string of the molecule is CCOC(=O)c1sc(NC(=O)c2cc(C3CC3)nc3c2cnn3C(C)C)nc1-c1ccccc1. The smallest absolute Gasteiger partial charge is 0.350 e. The lowest BCUT2D eigenvalue weighted by Crippen LogP contribution is -2.13. The van der Waals surface area contributed by atoms with E-state index < -0.39 is 5.97 Å². The molecule has 1 fully saturated rings. The standard InChI is InChI=1S/C25H25N5O3S/c1-4-33-24(32)21-20(16-8-6-5-7-9-16)28-25(34-21)29-23(31)17-12-19(15-10-11-15)27-22-18(17)13-26-30(22)14(2)3/h5-9,12-15H,4,10-11H2,1-3H3,(H,28,29,31). The fraction of sp³-hybridized carbons (Fsp3) is 0.320. The average molecular weight is 476 g/mol. The van der Waals surface area contributed by atoms with Gasteiger partial charge in [0.2, 0.25) is 0 Å². The fourth-order valence-electron chi connectivity index (χ4n) is 3.86. The van der Waals surface area contributed by atoms with Gasteiger partial charge in [-0.25, -0.2) is 19.4 Å². The molecule has 174 valence electrons. The van der Waals surface area contributed by atoms with Crippen molar-refractivity contribution in [3.05, 3.63) is 58.7 Å². The predicted octanol–water partition coefficient (Wildman–Crippen LogP) is 5.44. The number of aromatic nitrogens is 4. The first-order chi connectivity index (χ1) is 16.5. The molecule has 0 aliphatic heterocycles. The van der Waals surface area contributed by atoms with Gasteiger partial charge >= 0.3 is 5.97 Å². The topological polar surface area (TPSA) is 99.0 Å². The summed E-state index contributed by atoms with van der Waals surface area (Å²) in [5.41, 5.74) is 3.40. The van der Waals surface area contributed by atoms with Gasteiger partial charge in [-0.05, 0) is 39.7 Å². The lowest BCUT2D eigenvalue weighted by Gasteiger charge is -2.10. The van der Waals surface area contributed by atoms with Gasteiger partial charge in [0.1, 0.15) is 4.88 Å². The molecule has 1 saturated carbocycles. The van der Waals surface area contributed by atoms with Crippen LogP contribution in [0.3, 0.4) is 0 Å². The third-order valence-electron chi connectivity index (χ3n) is 5.67. The van der Waals surface area contributed by atoms with E-state index in [0.717, 1.165) is 35.4 Å². The molecule has 5 rings (SSSR count). The van der Waals surface area contributed by atoms with Gasteiger partial charge in [0.05, 0.1) is 29.4 Å². The van der Waals surface area contributed by atoms with Crippen molar-refractivity contribution in [1.82, 2.24) is 19.7 Å². The van der Waals surface area contributed by atoms with Crippen molar-refractivity contribution >= 4 is 39.4 Å². The minimum atomic E-state index is -0.458. The summed E-state index contributed by atoms with van der Waals surface area (Å²) in [6, 6.07) is 11.4. The maximum Gasteiger partial charge on any atom is 0.350 e. The molecule has 1 amide bonds. The summed E-state index contributed by atoms with van der Waals surface area (Å²) in [5.74, 6) is -0.382. The number of benzene rings is 1. The number of ether oxygens (including phenoxy) is 1. The Labute approximate surface area is 201 Å². The molecule has 1 N–H and O–H groups in total. The van der Waals surface area contributed by atoms with Gasteiger partial charge in [-0.15, -0.1) is 0 Å². The zero-order valence-electron chi connectivity index (χ0n) is 19.2. The van der Waals surface area contributed by atoms with Crippen molar-refractivity contribution in [3.63, 3.8) is 0 Å². The van der Waals surface area contributed by atoms with E-state index in [2.05, 4.69) is 15.4 Å². The number of carbonyl (C=O) groups excluding carboxylic acids is 2. The second kappa shape index (κ2) is 8.98. The van der Waals surface area contributed by atoms with Crippen LogP contribution in [-0.2, 0) is 4.74 Å². The monoisotopic (exact) mass is 475 g/mol. The third kappa shape index (κ3) is 4.19. The first kappa shape index (κ1) is 22.2. The lowest BCUT2D eigenvalue weighted by atomic mass is 10.1. The van der Waals surface area contributed by atoms with Gasteiger partial charge in [0, 0.05) is 23.2 Å². The van der Waals surface area contributed by atoms with Crippen LogP contribution < -0.4 is 5.32 Å².